The van der Waals surface area contributed by atoms with Crippen LogP contribution in [0.4, 0.5) is 0 Å². The molecule has 5 nitrogen and oxygen atoms in total. The third kappa shape index (κ3) is 3.50. The smallest absolute Gasteiger partial charge is 0.226 e. The number of carbonyl (C=O) groups excluding carboxylic acids is 1. The molecule has 2 aromatic rings. The number of piperidine rings is 1. The first-order valence-corrected chi connectivity index (χ1v) is 9.22. The number of allylic oxidation sites excluding steroid dienone is 2. The van der Waals surface area contributed by atoms with Crippen LogP contribution in [0.25, 0.3) is 11.3 Å². The van der Waals surface area contributed by atoms with Gasteiger partial charge in [-0.15, -0.1) is 5.10 Å². The molecule has 1 atom stereocenters. The molecule has 4 rings (SSSR count). The molecule has 1 aromatic heterocycles. The van der Waals surface area contributed by atoms with Crippen LogP contribution in [0.5, 0.6) is 0 Å². The number of benzene rings is 1. The molecule has 2 heterocycles. The van der Waals surface area contributed by atoms with E-state index in [9.17, 15) is 4.79 Å². The van der Waals surface area contributed by atoms with Crippen molar-refractivity contribution in [3.05, 3.63) is 48.7 Å². The Kier molecular flexibility index (Phi) is 4.63. The van der Waals surface area contributed by atoms with Crippen LogP contribution in [0.3, 0.4) is 0 Å². The number of carbonyl (C=O) groups is 1. The van der Waals surface area contributed by atoms with E-state index in [4.69, 9.17) is 0 Å². The number of hydrogen-bond acceptors (Lipinski definition) is 3. The zero-order chi connectivity index (χ0) is 17.1. The minimum Gasteiger partial charge on any atom is -0.342 e. The Labute approximate surface area is 148 Å². The fourth-order valence-electron chi connectivity index (χ4n) is 3.82. The highest BCUT2D eigenvalue weighted by Gasteiger charge is 2.29. The molecule has 1 aromatic carbocycles. The fourth-order valence-corrected chi connectivity index (χ4v) is 3.82. The summed E-state index contributed by atoms with van der Waals surface area (Å²) in [6.07, 6.45) is 11.2. The van der Waals surface area contributed by atoms with Crippen LogP contribution in [0.1, 0.15) is 38.1 Å². The van der Waals surface area contributed by atoms with Gasteiger partial charge in [-0.2, -0.15) is 0 Å². The van der Waals surface area contributed by atoms with Crippen molar-refractivity contribution in [1.82, 2.24) is 19.9 Å². The second-order valence-electron chi connectivity index (χ2n) is 6.99. The highest BCUT2D eigenvalue weighted by molar-refractivity contribution is 5.79. The molecule has 0 unspecified atom stereocenters. The van der Waals surface area contributed by atoms with Crippen molar-refractivity contribution in [2.24, 2.45) is 5.92 Å². The van der Waals surface area contributed by atoms with Crippen LogP contribution < -0.4 is 0 Å². The minimum absolute atomic E-state index is 0.192. The van der Waals surface area contributed by atoms with Crippen LogP contribution >= 0.6 is 0 Å². The molecule has 0 spiro atoms. The van der Waals surface area contributed by atoms with Crippen molar-refractivity contribution >= 4 is 5.91 Å². The Balaban J connectivity index is 1.37. The maximum Gasteiger partial charge on any atom is 0.226 e. The molecule has 0 saturated carbocycles. The van der Waals surface area contributed by atoms with Gasteiger partial charge in [-0.05, 0) is 32.1 Å². The summed E-state index contributed by atoms with van der Waals surface area (Å²) in [5.74, 6) is 0.531. The summed E-state index contributed by atoms with van der Waals surface area (Å²) >= 11 is 0. The monoisotopic (exact) mass is 336 g/mol. The average molecular weight is 336 g/mol. The maximum atomic E-state index is 12.6. The fraction of sp³-hybridized carbons (Fsp3) is 0.450. The van der Waals surface area contributed by atoms with E-state index in [1.165, 1.54) is 0 Å². The third-order valence-electron chi connectivity index (χ3n) is 5.35. The van der Waals surface area contributed by atoms with Gasteiger partial charge in [0.15, 0.2) is 0 Å². The number of hydrogen-bond donors (Lipinski definition) is 0. The predicted octanol–water partition coefficient (Wildman–Crippen LogP) is 3.46. The third-order valence-corrected chi connectivity index (χ3v) is 5.35. The Bertz CT molecular complexity index is 744. The number of likely N-dealkylation sites (tertiary alicyclic amines) is 1. The van der Waals surface area contributed by atoms with Crippen LogP contribution in [0.15, 0.2) is 48.7 Å². The molecule has 1 amide bonds. The minimum atomic E-state index is 0.192. The zero-order valence-corrected chi connectivity index (χ0v) is 14.4. The molecule has 2 aliphatic rings. The number of nitrogens with zero attached hydrogens (tertiary/aromatic N) is 4. The summed E-state index contributed by atoms with van der Waals surface area (Å²) < 4.78 is 1.98. The van der Waals surface area contributed by atoms with E-state index < -0.39 is 0 Å². The van der Waals surface area contributed by atoms with Gasteiger partial charge >= 0.3 is 0 Å². The summed E-state index contributed by atoms with van der Waals surface area (Å²) in [6, 6.07) is 10.5. The molecule has 1 saturated heterocycles. The Hall–Kier alpha value is -2.43. The molecule has 1 aliphatic heterocycles. The molecular formula is C20H24N4O. The maximum absolute atomic E-state index is 12.6. The number of amides is 1. The van der Waals surface area contributed by atoms with Crippen molar-refractivity contribution in [3.63, 3.8) is 0 Å². The lowest BCUT2D eigenvalue weighted by molar-refractivity contribution is -0.137. The van der Waals surface area contributed by atoms with Gasteiger partial charge in [0.2, 0.25) is 5.91 Å². The van der Waals surface area contributed by atoms with E-state index >= 15 is 0 Å². The standard InChI is InChI=1S/C20H24N4O/c25-20(17-9-5-2-6-10-17)23-13-11-18(12-14-23)24-15-19(21-22-24)16-7-3-1-4-8-16/h1-5,7-8,15,17-18H,6,9-14H2/t17-/m0/s1. The molecule has 25 heavy (non-hydrogen) atoms. The largest absolute Gasteiger partial charge is 0.342 e. The second-order valence-corrected chi connectivity index (χ2v) is 6.99. The first-order valence-electron chi connectivity index (χ1n) is 9.22. The second kappa shape index (κ2) is 7.21. The molecule has 1 fully saturated rings. The topological polar surface area (TPSA) is 51.0 Å². The van der Waals surface area contributed by atoms with E-state index in [0.717, 1.165) is 56.5 Å². The van der Waals surface area contributed by atoms with Gasteiger partial charge in [0, 0.05) is 24.6 Å². The molecule has 130 valence electrons. The van der Waals surface area contributed by atoms with E-state index in [-0.39, 0.29) is 5.92 Å². The van der Waals surface area contributed by atoms with E-state index in [2.05, 4.69) is 27.4 Å². The van der Waals surface area contributed by atoms with Crippen LogP contribution in [0.2, 0.25) is 0 Å². The van der Waals surface area contributed by atoms with Gasteiger partial charge in [0.1, 0.15) is 5.69 Å². The first kappa shape index (κ1) is 16.1. The summed E-state index contributed by atoms with van der Waals surface area (Å²) in [5.41, 5.74) is 2.00. The molecular weight excluding hydrogens is 312 g/mol. The quantitative estimate of drug-likeness (QED) is 0.807. The van der Waals surface area contributed by atoms with Crippen LogP contribution in [-0.4, -0.2) is 38.9 Å². The van der Waals surface area contributed by atoms with Gasteiger partial charge in [0.05, 0.1) is 12.2 Å². The first-order chi connectivity index (χ1) is 12.3. The van der Waals surface area contributed by atoms with E-state index in [0.29, 0.717) is 11.9 Å². The molecule has 1 aliphatic carbocycles. The van der Waals surface area contributed by atoms with Gasteiger partial charge in [0.25, 0.3) is 0 Å². The lowest BCUT2D eigenvalue weighted by Gasteiger charge is -2.34. The van der Waals surface area contributed by atoms with Crippen LogP contribution in [-0.2, 0) is 4.79 Å². The van der Waals surface area contributed by atoms with Crippen molar-refractivity contribution < 1.29 is 4.79 Å². The summed E-state index contributed by atoms with van der Waals surface area (Å²) in [7, 11) is 0. The van der Waals surface area contributed by atoms with Gasteiger partial charge < -0.3 is 4.90 Å². The Morgan fingerprint density at radius 1 is 1.04 bits per heavy atom. The van der Waals surface area contributed by atoms with Gasteiger partial charge in [-0.3, -0.25) is 4.79 Å². The normalized spacial score (nSPS) is 21.4. The summed E-state index contributed by atoms with van der Waals surface area (Å²) in [6.45, 7) is 1.65. The lowest BCUT2D eigenvalue weighted by atomic mass is 9.92. The molecule has 5 heteroatoms. The number of aromatic nitrogens is 3. The van der Waals surface area contributed by atoms with Crippen molar-refractivity contribution in [1.29, 1.82) is 0 Å². The molecule has 0 radical (unpaired) electrons. The van der Waals surface area contributed by atoms with Gasteiger partial charge in [-0.25, -0.2) is 4.68 Å². The van der Waals surface area contributed by atoms with Crippen molar-refractivity contribution in [3.8, 4) is 11.3 Å². The van der Waals surface area contributed by atoms with Crippen molar-refractivity contribution in [2.45, 2.75) is 38.1 Å². The zero-order valence-electron chi connectivity index (χ0n) is 14.4. The Morgan fingerprint density at radius 3 is 2.56 bits per heavy atom. The SMILES string of the molecule is O=C([C@H]1CC=CCC1)N1CCC(n2cc(-c3ccccc3)nn2)CC1. The number of rotatable bonds is 3. The molecule has 0 bridgehead atoms. The Morgan fingerprint density at radius 2 is 1.84 bits per heavy atom. The average Bonchev–Trinajstić information content (AvgIpc) is 3.19. The summed E-state index contributed by atoms with van der Waals surface area (Å²) in [5, 5.41) is 8.64. The highest BCUT2D eigenvalue weighted by atomic mass is 16.2. The van der Waals surface area contributed by atoms with Crippen LogP contribution in [0, 0.1) is 5.92 Å². The lowest BCUT2D eigenvalue weighted by Crippen LogP contribution is -2.42. The van der Waals surface area contributed by atoms with E-state index in [1.807, 2.05) is 41.2 Å². The van der Waals surface area contributed by atoms with E-state index in [1.54, 1.807) is 0 Å². The van der Waals surface area contributed by atoms with Gasteiger partial charge in [-0.1, -0.05) is 47.7 Å². The highest BCUT2D eigenvalue weighted by Crippen LogP contribution is 2.27. The van der Waals surface area contributed by atoms with Crippen molar-refractivity contribution in [2.75, 3.05) is 13.1 Å². The molecule has 0 N–H and O–H groups in total. The predicted molar refractivity (Wildman–Crippen MR) is 96.8 cm³/mol. The summed E-state index contributed by atoms with van der Waals surface area (Å²) in [4.78, 5) is 14.7.